The van der Waals surface area contributed by atoms with Crippen LogP contribution < -0.4 is 5.43 Å². The Morgan fingerprint density at radius 3 is 2.00 bits per heavy atom. The van der Waals surface area contributed by atoms with Crippen molar-refractivity contribution in [3.05, 3.63) is 70.2 Å². The summed E-state index contributed by atoms with van der Waals surface area (Å²) in [5, 5.41) is 4.77. The molecule has 2 aromatic carbocycles. The molecule has 2 aromatic rings. The zero-order valence-corrected chi connectivity index (χ0v) is 16.3. The first-order valence-corrected chi connectivity index (χ1v) is 9.77. The van der Waals surface area contributed by atoms with E-state index in [-0.39, 0.29) is 11.7 Å². The highest BCUT2D eigenvalue weighted by atomic mass is 35.5. The molecule has 8 heteroatoms. The Labute approximate surface area is 158 Å². The van der Waals surface area contributed by atoms with Crippen molar-refractivity contribution in [2.45, 2.75) is 12.7 Å². The number of sulfonamides is 1. The van der Waals surface area contributed by atoms with Gasteiger partial charge in [0.25, 0.3) is 0 Å². The Morgan fingerprint density at radius 2 is 1.54 bits per heavy atom. The van der Waals surface area contributed by atoms with Crippen molar-refractivity contribution in [1.29, 1.82) is 0 Å². The van der Waals surface area contributed by atoms with Crippen LogP contribution in [-0.4, -0.2) is 38.4 Å². The molecule has 0 aliphatic heterocycles. The fraction of sp³-hybridized carbons (Fsp3) is 0.222. The summed E-state index contributed by atoms with van der Waals surface area (Å²) in [4.78, 5) is 11.2. The zero-order valence-electron chi connectivity index (χ0n) is 14.7. The summed E-state index contributed by atoms with van der Waals surface area (Å²) in [6, 6.07) is 14.1. The lowest BCUT2D eigenvalue weighted by Crippen LogP contribution is -2.23. The smallest absolute Gasteiger partial charge is 0.236 e. The Hall–Kier alpha value is -2.22. The van der Waals surface area contributed by atoms with Crippen molar-refractivity contribution in [2.75, 3.05) is 14.1 Å². The van der Waals surface area contributed by atoms with E-state index in [2.05, 4.69) is 10.5 Å². The number of nitrogens with one attached hydrogen (secondary N) is 1. The third-order valence-electron chi connectivity index (χ3n) is 3.58. The molecule has 0 aliphatic carbocycles. The van der Waals surface area contributed by atoms with Gasteiger partial charge in [0.1, 0.15) is 0 Å². The highest BCUT2D eigenvalue weighted by Gasteiger charge is 2.15. The van der Waals surface area contributed by atoms with Crippen molar-refractivity contribution in [3.8, 4) is 0 Å². The monoisotopic (exact) mass is 393 g/mol. The Kier molecular flexibility index (Phi) is 6.52. The molecule has 1 amide bonds. The Bertz CT molecular complexity index is 906. The summed E-state index contributed by atoms with van der Waals surface area (Å²) in [6.45, 7) is 1.37. The van der Waals surface area contributed by atoms with Crippen LogP contribution in [0.4, 0.5) is 0 Å². The zero-order chi connectivity index (χ0) is 19.3. The molecule has 0 spiro atoms. The van der Waals surface area contributed by atoms with Gasteiger partial charge in [-0.3, -0.25) is 4.79 Å². The van der Waals surface area contributed by atoms with Crippen LogP contribution in [0.1, 0.15) is 23.6 Å². The minimum atomic E-state index is -3.33. The quantitative estimate of drug-likeness (QED) is 0.605. The van der Waals surface area contributed by atoms with Gasteiger partial charge in [-0.05, 0) is 17.7 Å². The molecule has 0 radical (unpaired) electrons. The normalized spacial score (nSPS) is 12.3. The molecule has 0 unspecified atom stereocenters. The van der Waals surface area contributed by atoms with Crippen LogP contribution in [0.3, 0.4) is 0 Å². The van der Waals surface area contributed by atoms with Gasteiger partial charge < -0.3 is 0 Å². The van der Waals surface area contributed by atoms with Crippen LogP contribution in [0.15, 0.2) is 53.6 Å². The molecule has 0 bridgehead atoms. The van der Waals surface area contributed by atoms with Crippen molar-refractivity contribution in [3.63, 3.8) is 0 Å². The number of carbonyl (C=O) groups excluding carboxylic acids is 1. The van der Waals surface area contributed by atoms with E-state index in [0.717, 1.165) is 11.1 Å². The summed E-state index contributed by atoms with van der Waals surface area (Å²) in [7, 11) is -0.326. The molecule has 0 saturated carbocycles. The summed E-state index contributed by atoms with van der Waals surface area (Å²) < 4.78 is 25.2. The highest BCUT2D eigenvalue weighted by Crippen LogP contribution is 2.16. The molecule has 0 atom stereocenters. The van der Waals surface area contributed by atoms with Crippen LogP contribution in [0.2, 0.25) is 5.02 Å². The van der Waals surface area contributed by atoms with Crippen molar-refractivity contribution in [1.82, 2.24) is 9.73 Å². The third-order valence-corrected chi connectivity index (χ3v) is 5.64. The van der Waals surface area contributed by atoms with E-state index in [4.69, 9.17) is 11.6 Å². The summed E-state index contributed by atoms with van der Waals surface area (Å²) in [6.07, 6.45) is 0. The molecule has 2 rings (SSSR count). The number of halogens is 1. The van der Waals surface area contributed by atoms with Gasteiger partial charge in [0.05, 0.1) is 11.5 Å². The van der Waals surface area contributed by atoms with Gasteiger partial charge in [-0.2, -0.15) is 5.10 Å². The fourth-order valence-electron chi connectivity index (χ4n) is 2.14. The van der Waals surface area contributed by atoms with Crippen molar-refractivity contribution in [2.24, 2.45) is 5.10 Å². The van der Waals surface area contributed by atoms with Gasteiger partial charge in [0.2, 0.25) is 15.9 Å². The molecule has 26 heavy (non-hydrogen) atoms. The summed E-state index contributed by atoms with van der Waals surface area (Å²) in [5.41, 5.74) is 5.17. The first-order valence-electron chi connectivity index (χ1n) is 7.79. The minimum Gasteiger partial charge on any atom is -0.274 e. The maximum atomic E-state index is 12.0. The molecular formula is C18H20ClN3O3S. The standard InChI is InChI=1S/C18H20ClN3O3S/c1-13(23)20-21-18(16-8-10-17(19)11-9-16)15-6-4-14(5-7-15)12-26(24,25)22(2)3/h4-11H,12H2,1-3H3,(H,20,23). The number of hydrazone groups is 1. The predicted octanol–water partition coefficient (Wildman–Crippen LogP) is 2.62. The summed E-state index contributed by atoms with van der Waals surface area (Å²) in [5.74, 6) is -0.371. The van der Waals surface area contributed by atoms with Crippen LogP contribution in [-0.2, 0) is 20.6 Å². The van der Waals surface area contributed by atoms with Crippen LogP contribution in [0, 0.1) is 0 Å². The van der Waals surface area contributed by atoms with Crippen LogP contribution in [0.5, 0.6) is 0 Å². The minimum absolute atomic E-state index is 0.0839. The molecule has 0 heterocycles. The highest BCUT2D eigenvalue weighted by molar-refractivity contribution is 7.88. The molecule has 0 saturated heterocycles. The second-order valence-electron chi connectivity index (χ2n) is 5.87. The van der Waals surface area contributed by atoms with E-state index >= 15 is 0 Å². The maximum absolute atomic E-state index is 12.0. The maximum Gasteiger partial charge on any atom is 0.236 e. The number of benzene rings is 2. The van der Waals surface area contributed by atoms with E-state index < -0.39 is 10.0 Å². The van der Waals surface area contributed by atoms with E-state index in [9.17, 15) is 13.2 Å². The van der Waals surface area contributed by atoms with Gasteiger partial charge in [0, 0.05) is 37.2 Å². The topological polar surface area (TPSA) is 78.8 Å². The lowest BCUT2D eigenvalue weighted by atomic mass is 10.0. The molecule has 1 N–H and O–H groups in total. The van der Waals surface area contributed by atoms with E-state index in [1.807, 2.05) is 0 Å². The van der Waals surface area contributed by atoms with Gasteiger partial charge in [0.15, 0.2) is 0 Å². The molecule has 6 nitrogen and oxygen atoms in total. The van der Waals surface area contributed by atoms with E-state index in [1.54, 1.807) is 48.5 Å². The van der Waals surface area contributed by atoms with Crippen molar-refractivity contribution >= 4 is 33.2 Å². The molecule has 0 aliphatic rings. The molecule has 0 aromatic heterocycles. The molecule has 0 fully saturated rings. The molecule has 138 valence electrons. The van der Waals surface area contributed by atoms with Gasteiger partial charge >= 0.3 is 0 Å². The van der Waals surface area contributed by atoms with Crippen molar-refractivity contribution < 1.29 is 13.2 Å². The van der Waals surface area contributed by atoms with Crippen LogP contribution in [0.25, 0.3) is 0 Å². The average molecular weight is 394 g/mol. The SMILES string of the molecule is CC(=O)NN=C(c1ccc(Cl)cc1)c1ccc(CS(=O)(=O)N(C)C)cc1. The third kappa shape index (κ3) is 5.39. The average Bonchev–Trinajstić information content (AvgIpc) is 2.57. The van der Waals surface area contributed by atoms with Crippen LogP contribution >= 0.6 is 11.6 Å². The second-order valence-corrected chi connectivity index (χ2v) is 8.49. The van der Waals surface area contributed by atoms with E-state index in [1.165, 1.54) is 25.3 Å². The number of nitrogens with zero attached hydrogens (tertiary/aromatic N) is 2. The first-order chi connectivity index (χ1) is 12.2. The number of carbonyl (C=O) groups is 1. The number of amides is 1. The summed E-state index contributed by atoms with van der Waals surface area (Å²) >= 11 is 5.93. The van der Waals surface area contributed by atoms with E-state index in [0.29, 0.717) is 16.3 Å². The first kappa shape index (κ1) is 20.1. The lowest BCUT2D eigenvalue weighted by Gasteiger charge is -2.12. The van der Waals surface area contributed by atoms with Gasteiger partial charge in [-0.25, -0.2) is 18.1 Å². The predicted molar refractivity (Wildman–Crippen MR) is 104 cm³/mol. The lowest BCUT2D eigenvalue weighted by molar-refractivity contribution is -0.118. The number of rotatable bonds is 6. The Balaban J connectivity index is 2.35. The number of hydrogen-bond donors (Lipinski definition) is 1. The molecular weight excluding hydrogens is 374 g/mol. The largest absolute Gasteiger partial charge is 0.274 e. The van der Waals surface area contributed by atoms with Gasteiger partial charge in [-0.1, -0.05) is 48.0 Å². The fourth-order valence-corrected chi connectivity index (χ4v) is 3.13. The van der Waals surface area contributed by atoms with Gasteiger partial charge in [-0.15, -0.1) is 0 Å². The number of hydrogen-bond acceptors (Lipinski definition) is 4. The second kappa shape index (κ2) is 8.44. The Morgan fingerprint density at radius 1 is 1.04 bits per heavy atom.